The Morgan fingerprint density at radius 3 is 2.89 bits per heavy atom. The molecular formula is C14H18N4O. The van der Waals surface area contributed by atoms with Gasteiger partial charge in [-0.15, -0.1) is 0 Å². The molecule has 0 amide bonds. The SMILES string of the molecule is CCCOc1cccnc1NCc1ccnc(C)n1. The van der Waals surface area contributed by atoms with Crippen LogP contribution in [0, 0.1) is 6.92 Å². The van der Waals surface area contributed by atoms with Crippen molar-refractivity contribution in [3.63, 3.8) is 0 Å². The van der Waals surface area contributed by atoms with E-state index < -0.39 is 0 Å². The number of aromatic nitrogens is 3. The van der Waals surface area contributed by atoms with Crippen LogP contribution in [-0.2, 0) is 6.54 Å². The van der Waals surface area contributed by atoms with E-state index in [1.807, 2.05) is 25.1 Å². The monoisotopic (exact) mass is 258 g/mol. The molecule has 2 aromatic rings. The molecule has 0 radical (unpaired) electrons. The topological polar surface area (TPSA) is 59.9 Å². The zero-order chi connectivity index (χ0) is 13.5. The normalized spacial score (nSPS) is 10.2. The van der Waals surface area contributed by atoms with E-state index in [2.05, 4.69) is 27.2 Å². The summed E-state index contributed by atoms with van der Waals surface area (Å²) < 4.78 is 5.64. The van der Waals surface area contributed by atoms with E-state index in [9.17, 15) is 0 Å². The molecule has 0 unspecified atom stereocenters. The van der Waals surface area contributed by atoms with Gasteiger partial charge in [0.15, 0.2) is 11.6 Å². The summed E-state index contributed by atoms with van der Waals surface area (Å²) >= 11 is 0. The Morgan fingerprint density at radius 2 is 2.11 bits per heavy atom. The highest BCUT2D eigenvalue weighted by Crippen LogP contribution is 2.21. The molecule has 0 aromatic carbocycles. The van der Waals surface area contributed by atoms with Crippen LogP contribution in [0.5, 0.6) is 5.75 Å². The van der Waals surface area contributed by atoms with Crippen LogP contribution in [0.15, 0.2) is 30.6 Å². The predicted molar refractivity (Wildman–Crippen MR) is 74.1 cm³/mol. The van der Waals surface area contributed by atoms with E-state index in [1.54, 1.807) is 12.4 Å². The fourth-order valence-corrected chi connectivity index (χ4v) is 1.63. The number of ether oxygens (including phenoxy) is 1. The van der Waals surface area contributed by atoms with Crippen molar-refractivity contribution in [1.82, 2.24) is 15.0 Å². The molecule has 2 rings (SSSR count). The van der Waals surface area contributed by atoms with Gasteiger partial charge in [-0.3, -0.25) is 0 Å². The van der Waals surface area contributed by atoms with Gasteiger partial charge in [0.25, 0.3) is 0 Å². The maximum atomic E-state index is 5.64. The van der Waals surface area contributed by atoms with Gasteiger partial charge in [0, 0.05) is 12.4 Å². The minimum atomic E-state index is 0.600. The van der Waals surface area contributed by atoms with Crippen LogP contribution in [0.2, 0.25) is 0 Å². The fraction of sp³-hybridized carbons (Fsp3) is 0.357. The second-order valence-corrected chi connectivity index (χ2v) is 4.15. The number of aryl methyl sites for hydroxylation is 1. The molecule has 0 aliphatic heterocycles. The van der Waals surface area contributed by atoms with E-state index in [0.29, 0.717) is 13.2 Å². The van der Waals surface area contributed by atoms with Crippen molar-refractivity contribution in [1.29, 1.82) is 0 Å². The summed E-state index contributed by atoms with van der Waals surface area (Å²) in [6, 6.07) is 5.66. The molecule has 0 aliphatic carbocycles. The molecule has 0 fully saturated rings. The lowest BCUT2D eigenvalue weighted by Gasteiger charge is -2.11. The van der Waals surface area contributed by atoms with Crippen molar-refractivity contribution in [3.8, 4) is 5.75 Å². The van der Waals surface area contributed by atoms with Crippen LogP contribution in [0.3, 0.4) is 0 Å². The number of pyridine rings is 1. The van der Waals surface area contributed by atoms with Crippen molar-refractivity contribution >= 4 is 5.82 Å². The lowest BCUT2D eigenvalue weighted by Crippen LogP contribution is -2.07. The van der Waals surface area contributed by atoms with Gasteiger partial charge >= 0.3 is 0 Å². The molecule has 0 bridgehead atoms. The Hall–Kier alpha value is -2.17. The molecule has 1 N–H and O–H groups in total. The lowest BCUT2D eigenvalue weighted by molar-refractivity contribution is 0.318. The van der Waals surface area contributed by atoms with Crippen LogP contribution in [-0.4, -0.2) is 21.6 Å². The number of anilines is 1. The van der Waals surface area contributed by atoms with Crippen molar-refractivity contribution < 1.29 is 4.74 Å². The number of hydrogen-bond acceptors (Lipinski definition) is 5. The molecular weight excluding hydrogens is 240 g/mol. The maximum absolute atomic E-state index is 5.64. The maximum Gasteiger partial charge on any atom is 0.169 e. The fourth-order valence-electron chi connectivity index (χ4n) is 1.63. The van der Waals surface area contributed by atoms with Crippen LogP contribution in [0.4, 0.5) is 5.82 Å². The Balaban J connectivity index is 2.02. The largest absolute Gasteiger partial charge is 0.490 e. The van der Waals surface area contributed by atoms with Gasteiger partial charge in [-0.1, -0.05) is 6.92 Å². The van der Waals surface area contributed by atoms with Crippen molar-refractivity contribution in [2.24, 2.45) is 0 Å². The molecule has 2 aromatic heterocycles. The molecule has 100 valence electrons. The van der Waals surface area contributed by atoms with E-state index in [1.165, 1.54) is 0 Å². The van der Waals surface area contributed by atoms with E-state index >= 15 is 0 Å². The second-order valence-electron chi connectivity index (χ2n) is 4.15. The number of nitrogens with one attached hydrogen (secondary N) is 1. The molecule has 0 saturated carbocycles. The molecule has 0 saturated heterocycles. The first-order valence-corrected chi connectivity index (χ1v) is 6.40. The van der Waals surface area contributed by atoms with Gasteiger partial charge in [-0.2, -0.15) is 0 Å². The van der Waals surface area contributed by atoms with Gasteiger partial charge in [-0.05, 0) is 31.5 Å². The quantitative estimate of drug-likeness (QED) is 0.863. The summed E-state index contributed by atoms with van der Waals surface area (Å²) in [5.41, 5.74) is 0.930. The third-order valence-electron chi connectivity index (χ3n) is 2.50. The van der Waals surface area contributed by atoms with Crippen LogP contribution in [0.1, 0.15) is 24.9 Å². The van der Waals surface area contributed by atoms with Gasteiger partial charge < -0.3 is 10.1 Å². The Labute approximate surface area is 113 Å². The van der Waals surface area contributed by atoms with Gasteiger partial charge in [-0.25, -0.2) is 15.0 Å². The highest BCUT2D eigenvalue weighted by Gasteiger charge is 2.04. The second kappa shape index (κ2) is 6.68. The number of rotatable bonds is 6. The van der Waals surface area contributed by atoms with Gasteiger partial charge in [0.05, 0.1) is 18.8 Å². The smallest absolute Gasteiger partial charge is 0.169 e. The van der Waals surface area contributed by atoms with E-state index in [4.69, 9.17) is 4.74 Å². The Bertz CT molecular complexity index is 530. The van der Waals surface area contributed by atoms with Crippen LogP contribution in [0.25, 0.3) is 0 Å². The standard InChI is InChI=1S/C14H18N4O/c1-3-9-19-13-5-4-7-16-14(13)17-10-12-6-8-15-11(2)18-12/h4-8H,3,9-10H2,1-2H3,(H,16,17). The number of hydrogen-bond donors (Lipinski definition) is 1. The van der Waals surface area contributed by atoms with Crippen molar-refractivity contribution in [2.45, 2.75) is 26.8 Å². The van der Waals surface area contributed by atoms with Gasteiger partial charge in [0.2, 0.25) is 0 Å². The first-order chi connectivity index (χ1) is 9.29. The molecule has 0 spiro atoms. The Kier molecular flexibility index (Phi) is 4.66. The average molecular weight is 258 g/mol. The lowest BCUT2D eigenvalue weighted by atomic mass is 10.3. The highest BCUT2D eigenvalue weighted by atomic mass is 16.5. The highest BCUT2D eigenvalue weighted by molar-refractivity contribution is 5.49. The minimum Gasteiger partial charge on any atom is -0.490 e. The van der Waals surface area contributed by atoms with E-state index in [-0.39, 0.29) is 0 Å². The van der Waals surface area contributed by atoms with E-state index in [0.717, 1.165) is 29.5 Å². The zero-order valence-corrected chi connectivity index (χ0v) is 11.3. The third-order valence-corrected chi connectivity index (χ3v) is 2.50. The van der Waals surface area contributed by atoms with Crippen molar-refractivity contribution in [2.75, 3.05) is 11.9 Å². The summed E-state index contributed by atoms with van der Waals surface area (Å²) in [5, 5.41) is 3.24. The summed E-state index contributed by atoms with van der Waals surface area (Å²) in [5.74, 6) is 2.28. The third kappa shape index (κ3) is 3.91. The first kappa shape index (κ1) is 13.3. The number of nitrogens with zero attached hydrogens (tertiary/aromatic N) is 3. The predicted octanol–water partition coefficient (Wildman–Crippen LogP) is 2.58. The average Bonchev–Trinajstić information content (AvgIpc) is 2.44. The van der Waals surface area contributed by atoms with Crippen molar-refractivity contribution in [3.05, 3.63) is 42.1 Å². The zero-order valence-electron chi connectivity index (χ0n) is 11.3. The molecule has 0 aliphatic rings. The molecule has 5 heteroatoms. The van der Waals surface area contributed by atoms with Crippen LogP contribution < -0.4 is 10.1 Å². The minimum absolute atomic E-state index is 0.600. The molecule has 5 nitrogen and oxygen atoms in total. The summed E-state index contributed by atoms with van der Waals surface area (Å²) in [6.07, 6.45) is 4.47. The molecule has 0 atom stereocenters. The summed E-state index contributed by atoms with van der Waals surface area (Å²) in [6.45, 7) is 5.24. The van der Waals surface area contributed by atoms with Gasteiger partial charge in [0.1, 0.15) is 5.82 Å². The molecule has 19 heavy (non-hydrogen) atoms. The summed E-state index contributed by atoms with van der Waals surface area (Å²) in [4.78, 5) is 12.7. The summed E-state index contributed by atoms with van der Waals surface area (Å²) in [7, 11) is 0. The first-order valence-electron chi connectivity index (χ1n) is 6.40. The van der Waals surface area contributed by atoms with Crippen LogP contribution >= 0.6 is 0 Å². The molecule has 2 heterocycles. The Morgan fingerprint density at radius 1 is 1.21 bits per heavy atom.